The van der Waals surface area contributed by atoms with Crippen molar-refractivity contribution in [1.82, 2.24) is 9.97 Å². The van der Waals surface area contributed by atoms with Gasteiger partial charge in [-0.2, -0.15) is 0 Å². The van der Waals surface area contributed by atoms with E-state index in [1.807, 2.05) is 18.2 Å². The smallest absolute Gasteiger partial charge is 0.259 e. The zero-order valence-electron chi connectivity index (χ0n) is 14.4. The Morgan fingerprint density at radius 2 is 2.08 bits per heavy atom. The van der Waals surface area contributed by atoms with Crippen LogP contribution in [0, 0.1) is 0 Å². The van der Waals surface area contributed by atoms with E-state index in [1.165, 1.54) is 0 Å². The lowest BCUT2D eigenvalue weighted by molar-refractivity contribution is 0.415. The molecule has 2 heterocycles. The number of rotatable bonds is 5. The van der Waals surface area contributed by atoms with Crippen molar-refractivity contribution in [2.75, 3.05) is 13.7 Å². The number of ether oxygens (including phenoxy) is 1. The molecule has 0 aliphatic carbocycles. The maximum atomic E-state index is 12.5. The Bertz CT molecular complexity index is 1140. The third kappa shape index (κ3) is 2.84. The molecule has 0 saturated heterocycles. The van der Waals surface area contributed by atoms with Crippen LogP contribution in [0.1, 0.15) is 12.2 Å². The molecule has 26 heavy (non-hydrogen) atoms. The number of H-pyrrole nitrogens is 1. The number of benzene rings is 2. The van der Waals surface area contributed by atoms with Crippen molar-refractivity contribution in [3.8, 4) is 17.1 Å². The normalized spacial score (nSPS) is 11.3. The molecule has 4 rings (SSSR count). The van der Waals surface area contributed by atoms with Crippen molar-refractivity contribution in [3.63, 3.8) is 0 Å². The summed E-state index contributed by atoms with van der Waals surface area (Å²) in [7, 11) is 1.57. The average Bonchev–Trinajstić information content (AvgIpc) is 3.08. The van der Waals surface area contributed by atoms with Gasteiger partial charge in [0.05, 0.1) is 24.3 Å². The Hall–Kier alpha value is -3.12. The average molecular weight is 349 g/mol. The van der Waals surface area contributed by atoms with Crippen LogP contribution < -0.4 is 16.0 Å². The molecular weight excluding hydrogens is 330 g/mol. The molecule has 4 aromatic rings. The molecule has 0 aliphatic heterocycles. The van der Waals surface area contributed by atoms with Crippen molar-refractivity contribution < 1.29 is 9.15 Å². The van der Waals surface area contributed by atoms with Gasteiger partial charge in [-0.3, -0.25) is 4.79 Å². The Kier molecular flexibility index (Phi) is 4.18. The predicted octanol–water partition coefficient (Wildman–Crippen LogP) is 3.24. The van der Waals surface area contributed by atoms with Gasteiger partial charge in [-0.25, -0.2) is 4.98 Å². The zero-order valence-corrected chi connectivity index (χ0v) is 14.4. The van der Waals surface area contributed by atoms with E-state index in [2.05, 4.69) is 9.97 Å². The Morgan fingerprint density at radius 3 is 2.88 bits per heavy atom. The van der Waals surface area contributed by atoms with Crippen LogP contribution in [-0.4, -0.2) is 23.6 Å². The second kappa shape index (κ2) is 6.65. The molecule has 2 aromatic carbocycles. The van der Waals surface area contributed by atoms with Gasteiger partial charge < -0.3 is 19.9 Å². The summed E-state index contributed by atoms with van der Waals surface area (Å²) in [5.74, 6) is 2.06. The fourth-order valence-corrected chi connectivity index (χ4v) is 3.08. The minimum Gasteiger partial charge on any atom is -0.497 e. The highest BCUT2D eigenvalue weighted by atomic mass is 16.5. The molecule has 6 heteroatoms. The lowest BCUT2D eigenvalue weighted by atomic mass is 10.1. The first-order valence-corrected chi connectivity index (χ1v) is 8.48. The number of furan rings is 1. The number of aryl methyl sites for hydroxylation is 1. The van der Waals surface area contributed by atoms with E-state index in [0.29, 0.717) is 29.0 Å². The molecule has 0 unspecified atom stereocenters. The van der Waals surface area contributed by atoms with Gasteiger partial charge in [0.2, 0.25) is 0 Å². The maximum absolute atomic E-state index is 12.5. The molecule has 0 amide bonds. The number of nitrogens with two attached hydrogens (primary N) is 1. The van der Waals surface area contributed by atoms with Crippen LogP contribution in [0.5, 0.6) is 5.75 Å². The molecule has 6 nitrogen and oxygen atoms in total. The lowest BCUT2D eigenvalue weighted by Gasteiger charge is -2.05. The Morgan fingerprint density at radius 1 is 1.19 bits per heavy atom. The van der Waals surface area contributed by atoms with Crippen molar-refractivity contribution >= 4 is 21.7 Å². The first-order chi connectivity index (χ1) is 12.7. The quantitative estimate of drug-likeness (QED) is 0.577. The minimum atomic E-state index is -0.195. The largest absolute Gasteiger partial charge is 0.497 e. The standard InChI is InChI=1S/C20H19N3O3/c1-25-14-6-7-17-16(10-14)20(24)23-19(22-17)12-4-5-13-11-26-18(3-2-8-21)15(13)9-12/h4-7,9-11H,2-3,8,21H2,1H3,(H,22,23,24). The lowest BCUT2D eigenvalue weighted by Crippen LogP contribution is -2.09. The number of aromatic amines is 1. The maximum Gasteiger partial charge on any atom is 0.259 e. The highest BCUT2D eigenvalue weighted by Gasteiger charge is 2.11. The second-order valence-corrected chi connectivity index (χ2v) is 6.15. The van der Waals surface area contributed by atoms with Gasteiger partial charge in [0.1, 0.15) is 17.3 Å². The summed E-state index contributed by atoms with van der Waals surface area (Å²) < 4.78 is 10.8. The molecule has 0 atom stereocenters. The van der Waals surface area contributed by atoms with Crippen molar-refractivity contribution in [1.29, 1.82) is 0 Å². The van der Waals surface area contributed by atoms with Gasteiger partial charge in [0, 0.05) is 22.8 Å². The molecule has 2 aromatic heterocycles. The number of nitrogens with one attached hydrogen (secondary N) is 1. The van der Waals surface area contributed by atoms with Gasteiger partial charge in [0.25, 0.3) is 5.56 Å². The molecule has 0 radical (unpaired) electrons. The molecule has 0 spiro atoms. The van der Waals surface area contributed by atoms with E-state index >= 15 is 0 Å². The summed E-state index contributed by atoms with van der Waals surface area (Å²) in [4.78, 5) is 19.9. The summed E-state index contributed by atoms with van der Waals surface area (Å²) in [6.45, 7) is 0.616. The van der Waals surface area contributed by atoms with E-state index in [-0.39, 0.29) is 5.56 Å². The molecule has 0 saturated carbocycles. The van der Waals surface area contributed by atoms with Crippen LogP contribution in [0.4, 0.5) is 0 Å². The van der Waals surface area contributed by atoms with E-state index in [1.54, 1.807) is 31.6 Å². The monoisotopic (exact) mass is 349 g/mol. The highest BCUT2D eigenvalue weighted by molar-refractivity contribution is 5.88. The summed E-state index contributed by atoms with van der Waals surface area (Å²) in [6.07, 6.45) is 3.39. The van der Waals surface area contributed by atoms with Gasteiger partial charge >= 0.3 is 0 Å². The van der Waals surface area contributed by atoms with Gasteiger partial charge in [-0.1, -0.05) is 12.1 Å². The van der Waals surface area contributed by atoms with Gasteiger partial charge in [-0.05, 0) is 37.2 Å². The first-order valence-electron chi connectivity index (χ1n) is 8.48. The Balaban J connectivity index is 1.82. The van der Waals surface area contributed by atoms with Crippen LogP contribution in [0.3, 0.4) is 0 Å². The predicted molar refractivity (Wildman–Crippen MR) is 101 cm³/mol. The van der Waals surface area contributed by atoms with E-state index < -0.39 is 0 Å². The number of nitrogens with zero attached hydrogens (tertiary/aromatic N) is 1. The molecule has 132 valence electrons. The van der Waals surface area contributed by atoms with Crippen molar-refractivity contribution in [3.05, 3.63) is 58.8 Å². The van der Waals surface area contributed by atoms with Crippen LogP contribution in [-0.2, 0) is 6.42 Å². The summed E-state index contributed by atoms with van der Waals surface area (Å²) in [5, 5.41) is 2.54. The second-order valence-electron chi connectivity index (χ2n) is 6.15. The van der Waals surface area contributed by atoms with Crippen LogP contribution in [0.15, 0.2) is 51.9 Å². The molecule has 0 bridgehead atoms. The SMILES string of the molecule is COc1ccc2nc(-c3ccc4coc(CCCN)c4c3)[nH]c(=O)c2c1. The van der Waals surface area contributed by atoms with Crippen LogP contribution in [0.2, 0.25) is 0 Å². The fourth-order valence-electron chi connectivity index (χ4n) is 3.08. The highest BCUT2D eigenvalue weighted by Crippen LogP contribution is 2.27. The third-order valence-electron chi connectivity index (χ3n) is 4.48. The molecule has 0 aliphatic rings. The van der Waals surface area contributed by atoms with E-state index in [0.717, 1.165) is 34.9 Å². The molecular formula is C20H19N3O3. The van der Waals surface area contributed by atoms with E-state index in [9.17, 15) is 4.79 Å². The number of hydrogen-bond donors (Lipinski definition) is 2. The topological polar surface area (TPSA) is 94.1 Å². The first kappa shape index (κ1) is 16.4. The summed E-state index contributed by atoms with van der Waals surface area (Å²) >= 11 is 0. The number of fused-ring (bicyclic) bond motifs is 2. The van der Waals surface area contributed by atoms with E-state index in [4.69, 9.17) is 14.9 Å². The Labute approximate surface area is 149 Å². The number of methoxy groups -OCH3 is 1. The minimum absolute atomic E-state index is 0.195. The summed E-state index contributed by atoms with van der Waals surface area (Å²) in [6, 6.07) is 11.2. The van der Waals surface area contributed by atoms with Crippen LogP contribution >= 0.6 is 0 Å². The number of aromatic nitrogens is 2. The van der Waals surface area contributed by atoms with Crippen molar-refractivity contribution in [2.45, 2.75) is 12.8 Å². The van der Waals surface area contributed by atoms with Crippen molar-refractivity contribution in [2.24, 2.45) is 5.73 Å². The van der Waals surface area contributed by atoms with Gasteiger partial charge in [0.15, 0.2) is 0 Å². The fraction of sp³-hybridized carbons (Fsp3) is 0.200. The third-order valence-corrected chi connectivity index (χ3v) is 4.48. The summed E-state index contributed by atoms with van der Waals surface area (Å²) in [5.41, 5.74) is 6.87. The van der Waals surface area contributed by atoms with Crippen LogP contribution in [0.25, 0.3) is 33.1 Å². The van der Waals surface area contributed by atoms with Gasteiger partial charge in [-0.15, -0.1) is 0 Å². The zero-order chi connectivity index (χ0) is 18.1. The molecule has 0 fully saturated rings. The number of hydrogen-bond acceptors (Lipinski definition) is 5. The molecule has 3 N–H and O–H groups in total.